The number of nitrogens with zero attached hydrogens (tertiary/aromatic N) is 1. The average Bonchev–Trinajstić information content (AvgIpc) is 2.63. The minimum absolute atomic E-state index is 0.0843. The number of anilines is 1. The number of aliphatic hydroxyl groups is 1. The van der Waals surface area contributed by atoms with Gasteiger partial charge in [0.15, 0.2) is 0 Å². The van der Waals surface area contributed by atoms with Crippen LogP contribution in [0.5, 0.6) is 5.75 Å². The van der Waals surface area contributed by atoms with Gasteiger partial charge in [-0.2, -0.15) is 0 Å². The Morgan fingerprint density at radius 3 is 2.72 bits per heavy atom. The van der Waals surface area contributed by atoms with Crippen LogP contribution in [0.1, 0.15) is 23.2 Å². The third-order valence-electron chi connectivity index (χ3n) is 2.97. The fraction of sp³-hybridized carbons (Fsp3) is 0.385. The van der Waals surface area contributed by atoms with Gasteiger partial charge in [-0.15, -0.1) is 0 Å². The molecule has 18 heavy (non-hydrogen) atoms. The predicted molar refractivity (Wildman–Crippen MR) is 66.0 cm³/mol. The molecular weight excluding hydrogens is 234 g/mol. The number of carbonyl (C=O) groups excluding carboxylic acids is 2. The summed E-state index contributed by atoms with van der Waals surface area (Å²) < 4.78 is 5.09. The number of ether oxygens (including phenoxy) is 1. The van der Waals surface area contributed by atoms with Crippen molar-refractivity contribution in [1.82, 2.24) is 0 Å². The third kappa shape index (κ3) is 2.09. The summed E-state index contributed by atoms with van der Waals surface area (Å²) in [6.45, 7) is 0.520. The highest BCUT2D eigenvalue weighted by Crippen LogP contribution is 2.32. The summed E-state index contributed by atoms with van der Waals surface area (Å²) in [5.41, 5.74) is 1.02. The number of hydrogen-bond donors (Lipinski definition) is 1. The highest BCUT2D eigenvalue weighted by atomic mass is 16.5. The Balaban J connectivity index is 2.27. The molecule has 1 aliphatic rings. The number of rotatable bonds is 5. The molecule has 1 N–H and O–H groups in total. The molecule has 0 saturated heterocycles. The molecule has 0 radical (unpaired) electrons. The first kappa shape index (κ1) is 12.6. The summed E-state index contributed by atoms with van der Waals surface area (Å²) in [6, 6.07) is 4.97. The lowest BCUT2D eigenvalue weighted by atomic mass is 10.1. The molecule has 5 nitrogen and oxygen atoms in total. The fourth-order valence-corrected chi connectivity index (χ4v) is 2.00. The second-order valence-electron chi connectivity index (χ2n) is 4.10. The molecular formula is C13H15NO4. The molecule has 0 bridgehead atoms. The number of aliphatic hydroxyl groups excluding tert-OH is 1. The molecule has 2 rings (SSSR count). The Hall–Kier alpha value is -1.88. The number of fused-ring (bicyclic) bond motifs is 1. The lowest BCUT2D eigenvalue weighted by molar-refractivity contribution is -0.114. The highest BCUT2D eigenvalue weighted by molar-refractivity contribution is 6.52. The number of Topliss-reactive ketones (excluding diaryl/α,β-unsaturated/α-hetero) is 1. The Kier molecular flexibility index (Phi) is 3.62. The zero-order valence-electron chi connectivity index (χ0n) is 10.2. The van der Waals surface area contributed by atoms with E-state index in [0.717, 1.165) is 0 Å². The number of methoxy groups -OCH3 is 1. The molecule has 0 spiro atoms. The first-order valence-electron chi connectivity index (χ1n) is 5.84. The molecule has 0 unspecified atom stereocenters. The van der Waals surface area contributed by atoms with E-state index in [4.69, 9.17) is 9.84 Å². The Labute approximate surface area is 105 Å². The van der Waals surface area contributed by atoms with E-state index in [0.29, 0.717) is 36.4 Å². The van der Waals surface area contributed by atoms with Crippen LogP contribution in [-0.4, -0.2) is 37.1 Å². The van der Waals surface area contributed by atoms with Gasteiger partial charge in [0.2, 0.25) is 0 Å². The van der Waals surface area contributed by atoms with Gasteiger partial charge < -0.3 is 14.7 Å². The smallest absolute Gasteiger partial charge is 0.299 e. The first-order valence-corrected chi connectivity index (χ1v) is 5.84. The van der Waals surface area contributed by atoms with E-state index in [2.05, 4.69) is 0 Å². The van der Waals surface area contributed by atoms with Crippen LogP contribution in [0.3, 0.4) is 0 Å². The lowest BCUT2D eigenvalue weighted by Gasteiger charge is -2.16. The number of amides is 1. The summed E-state index contributed by atoms with van der Waals surface area (Å²) in [4.78, 5) is 25.0. The molecule has 0 aromatic heterocycles. The number of hydrogen-bond acceptors (Lipinski definition) is 4. The van der Waals surface area contributed by atoms with E-state index in [1.807, 2.05) is 0 Å². The van der Waals surface area contributed by atoms with Crippen molar-refractivity contribution in [2.75, 3.05) is 25.2 Å². The van der Waals surface area contributed by atoms with Gasteiger partial charge in [-0.25, -0.2) is 0 Å². The summed E-state index contributed by atoms with van der Waals surface area (Å²) >= 11 is 0. The van der Waals surface area contributed by atoms with Crippen LogP contribution in [0.25, 0.3) is 0 Å². The van der Waals surface area contributed by atoms with Crippen molar-refractivity contribution in [2.45, 2.75) is 12.8 Å². The van der Waals surface area contributed by atoms with Crippen molar-refractivity contribution < 1.29 is 19.4 Å². The van der Waals surface area contributed by atoms with Crippen molar-refractivity contribution in [3.8, 4) is 5.75 Å². The van der Waals surface area contributed by atoms with E-state index in [1.165, 1.54) is 12.0 Å². The second kappa shape index (κ2) is 5.18. The van der Waals surface area contributed by atoms with Gasteiger partial charge in [-0.05, 0) is 25.0 Å². The Morgan fingerprint density at radius 2 is 2.06 bits per heavy atom. The molecule has 1 aromatic rings. The molecule has 1 amide bonds. The average molecular weight is 249 g/mol. The minimum Gasteiger partial charge on any atom is -0.497 e. The zero-order chi connectivity index (χ0) is 13.1. The van der Waals surface area contributed by atoms with Crippen molar-refractivity contribution in [3.63, 3.8) is 0 Å². The molecule has 0 atom stereocenters. The molecule has 1 aliphatic heterocycles. The van der Waals surface area contributed by atoms with Crippen LogP contribution in [0, 0.1) is 0 Å². The fourth-order valence-electron chi connectivity index (χ4n) is 2.00. The summed E-state index contributed by atoms with van der Waals surface area (Å²) in [5, 5.41) is 8.75. The summed E-state index contributed by atoms with van der Waals surface area (Å²) in [7, 11) is 1.54. The topological polar surface area (TPSA) is 66.8 Å². The maximum atomic E-state index is 11.8. The quantitative estimate of drug-likeness (QED) is 0.624. The molecule has 0 saturated carbocycles. The zero-order valence-corrected chi connectivity index (χ0v) is 10.2. The van der Waals surface area contributed by atoms with E-state index < -0.39 is 11.7 Å². The lowest BCUT2D eigenvalue weighted by Crippen LogP contribution is -2.30. The van der Waals surface area contributed by atoms with Gasteiger partial charge >= 0.3 is 0 Å². The monoisotopic (exact) mass is 249 g/mol. The van der Waals surface area contributed by atoms with E-state index >= 15 is 0 Å². The van der Waals surface area contributed by atoms with Crippen LogP contribution in [0.2, 0.25) is 0 Å². The van der Waals surface area contributed by atoms with Crippen LogP contribution < -0.4 is 9.64 Å². The van der Waals surface area contributed by atoms with Crippen molar-refractivity contribution in [2.24, 2.45) is 0 Å². The van der Waals surface area contributed by atoms with Gasteiger partial charge in [0.1, 0.15) is 5.75 Å². The molecule has 96 valence electrons. The molecule has 0 fully saturated rings. The van der Waals surface area contributed by atoms with Crippen LogP contribution in [-0.2, 0) is 4.79 Å². The standard InChI is InChI=1S/C13H15NO4/c1-18-9-4-5-10-11(8-9)14(6-2-3-7-15)13(17)12(10)16/h4-5,8,15H,2-3,6-7H2,1H3. The normalized spacial score (nSPS) is 14.0. The van der Waals surface area contributed by atoms with Crippen molar-refractivity contribution >= 4 is 17.4 Å². The van der Waals surface area contributed by atoms with E-state index in [1.54, 1.807) is 18.2 Å². The highest BCUT2D eigenvalue weighted by Gasteiger charge is 2.35. The maximum Gasteiger partial charge on any atom is 0.299 e. The molecule has 5 heteroatoms. The van der Waals surface area contributed by atoms with E-state index in [9.17, 15) is 9.59 Å². The number of ketones is 1. The largest absolute Gasteiger partial charge is 0.497 e. The van der Waals surface area contributed by atoms with E-state index in [-0.39, 0.29) is 6.61 Å². The van der Waals surface area contributed by atoms with Gasteiger partial charge in [0, 0.05) is 19.2 Å². The van der Waals surface area contributed by atoms with Crippen LogP contribution in [0.15, 0.2) is 18.2 Å². The van der Waals surface area contributed by atoms with Crippen LogP contribution >= 0.6 is 0 Å². The van der Waals surface area contributed by atoms with Gasteiger partial charge in [-0.1, -0.05) is 0 Å². The first-order chi connectivity index (χ1) is 8.69. The number of unbranched alkanes of at least 4 members (excludes halogenated alkanes) is 1. The molecule has 1 heterocycles. The SMILES string of the molecule is COc1ccc2c(c1)N(CCCCO)C(=O)C2=O. The maximum absolute atomic E-state index is 11.8. The minimum atomic E-state index is -0.504. The summed E-state index contributed by atoms with van der Waals surface area (Å²) in [5.74, 6) is -0.365. The Morgan fingerprint density at radius 1 is 1.28 bits per heavy atom. The van der Waals surface area contributed by atoms with Crippen LogP contribution in [0.4, 0.5) is 5.69 Å². The number of benzene rings is 1. The predicted octanol–water partition coefficient (Wildman–Crippen LogP) is 0.997. The number of carbonyl (C=O) groups is 2. The second-order valence-corrected chi connectivity index (χ2v) is 4.10. The van der Waals surface area contributed by atoms with Crippen molar-refractivity contribution in [3.05, 3.63) is 23.8 Å². The molecule has 1 aromatic carbocycles. The summed E-state index contributed by atoms with van der Waals surface area (Å²) in [6.07, 6.45) is 1.27. The Bertz CT molecular complexity index is 484. The van der Waals surface area contributed by atoms with Gasteiger partial charge in [-0.3, -0.25) is 9.59 Å². The third-order valence-corrected chi connectivity index (χ3v) is 2.97. The molecule has 0 aliphatic carbocycles. The van der Waals surface area contributed by atoms with Gasteiger partial charge in [0.25, 0.3) is 11.7 Å². The van der Waals surface area contributed by atoms with Crippen molar-refractivity contribution in [1.29, 1.82) is 0 Å². The van der Waals surface area contributed by atoms with Gasteiger partial charge in [0.05, 0.1) is 18.4 Å².